The summed E-state index contributed by atoms with van der Waals surface area (Å²) in [4.78, 5) is 13.3. The highest BCUT2D eigenvalue weighted by molar-refractivity contribution is 5.82. The third kappa shape index (κ3) is 4.79. The minimum Gasteiger partial charge on any atom is -0.494 e. The molecule has 3 aromatic heterocycles. The molecule has 5 aromatic rings. The van der Waals surface area contributed by atoms with E-state index in [9.17, 15) is 4.39 Å². The van der Waals surface area contributed by atoms with Gasteiger partial charge in [0.15, 0.2) is 23.0 Å². The van der Waals surface area contributed by atoms with Gasteiger partial charge in [-0.05, 0) is 48.5 Å². The summed E-state index contributed by atoms with van der Waals surface area (Å²) < 4.78 is 19.6. The first-order valence-corrected chi connectivity index (χ1v) is 10.4. The van der Waals surface area contributed by atoms with Crippen molar-refractivity contribution in [1.82, 2.24) is 19.5 Å². The van der Waals surface area contributed by atoms with Gasteiger partial charge in [-0.15, -0.1) is 0 Å². The summed E-state index contributed by atoms with van der Waals surface area (Å²) in [6.45, 7) is -0.216. The SMILES string of the molecule is COc1ccc(NCO)cc1F.Nc1ncccc1-c1nc2cccnc2n1-c1ccccc1. The zero-order chi connectivity index (χ0) is 23.9. The second-order valence-electron chi connectivity index (χ2n) is 7.07. The molecule has 0 saturated carbocycles. The van der Waals surface area contributed by atoms with E-state index in [2.05, 4.69) is 15.3 Å². The summed E-state index contributed by atoms with van der Waals surface area (Å²) in [6.07, 6.45) is 3.44. The normalized spacial score (nSPS) is 10.4. The molecule has 172 valence electrons. The standard InChI is InChI=1S/C17H13N5.C8H10FNO2/c18-15-13(8-4-10-19-15)16-21-14-9-5-11-20-17(14)22(16)12-6-2-1-3-7-12;1-12-8-3-2-6(10-5-11)4-7(8)9/h1-11H,(H2,18,19);2-4,10-11H,5H2,1H3. The van der Waals surface area contributed by atoms with E-state index in [1.807, 2.05) is 59.2 Å². The van der Waals surface area contributed by atoms with Crippen LogP contribution in [0.2, 0.25) is 0 Å². The van der Waals surface area contributed by atoms with Crippen molar-refractivity contribution in [2.45, 2.75) is 0 Å². The van der Waals surface area contributed by atoms with Gasteiger partial charge in [0.25, 0.3) is 0 Å². The Bertz CT molecular complexity index is 1390. The number of imidazole rings is 1. The number of nitrogens with one attached hydrogen (secondary N) is 1. The molecule has 0 saturated heterocycles. The van der Waals surface area contributed by atoms with E-state index in [1.54, 1.807) is 18.5 Å². The molecular weight excluding hydrogens is 435 g/mol. The number of halogens is 1. The maximum atomic E-state index is 12.9. The van der Waals surface area contributed by atoms with E-state index >= 15 is 0 Å². The van der Waals surface area contributed by atoms with E-state index in [4.69, 9.17) is 20.6 Å². The van der Waals surface area contributed by atoms with Crippen molar-refractivity contribution in [1.29, 1.82) is 0 Å². The Morgan fingerprint density at radius 3 is 2.47 bits per heavy atom. The number of hydrogen-bond donors (Lipinski definition) is 3. The molecule has 34 heavy (non-hydrogen) atoms. The molecule has 0 radical (unpaired) electrons. The second kappa shape index (κ2) is 10.4. The number of benzene rings is 2. The van der Waals surface area contributed by atoms with Crippen molar-refractivity contribution < 1.29 is 14.2 Å². The van der Waals surface area contributed by atoms with Crippen LogP contribution >= 0.6 is 0 Å². The van der Waals surface area contributed by atoms with Gasteiger partial charge in [-0.25, -0.2) is 19.3 Å². The lowest BCUT2D eigenvalue weighted by Gasteiger charge is -2.09. The van der Waals surface area contributed by atoms with Crippen LogP contribution < -0.4 is 15.8 Å². The van der Waals surface area contributed by atoms with E-state index < -0.39 is 5.82 Å². The van der Waals surface area contributed by atoms with Gasteiger partial charge in [0.1, 0.15) is 18.1 Å². The maximum absolute atomic E-state index is 12.9. The van der Waals surface area contributed by atoms with Crippen molar-refractivity contribution in [3.8, 4) is 22.8 Å². The molecule has 3 heterocycles. The zero-order valence-electron chi connectivity index (χ0n) is 18.4. The Labute approximate surface area is 195 Å². The molecule has 0 unspecified atom stereocenters. The Kier molecular flexibility index (Phi) is 6.95. The van der Waals surface area contributed by atoms with Gasteiger partial charge in [-0.2, -0.15) is 0 Å². The molecule has 0 aliphatic rings. The van der Waals surface area contributed by atoms with Gasteiger partial charge in [0.2, 0.25) is 0 Å². The maximum Gasteiger partial charge on any atom is 0.167 e. The van der Waals surface area contributed by atoms with Crippen LogP contribution in [0.3, 0.4) is 0 Å². The van der Waals surface area contributed by atoms with E-state index in [-0.39, 0.29) is 12.5 Å². The number of ether oxygens (including phenoxy) is 1. The minimum atomic E-state index is -0.448. The molecule has 0 fully saturated rings. The van der Waals surface area contributed by atoms with Gasteiger partial charge >= 0.3 is 0 Å². The van der Waals surface area contributed by atoms with Crippen LogP contribution in [0.25, 0.3) is 28.2 Å². The molecular formula is C25H23FN6O2. The fourth-order valence-electron chi connectivity index (χ4n) is 3.39. The number of nitrogens with two attached hydrogens (primary N) is 1. The van der Waals surface area contributed by atoms with Crippen molar-refractivity contribution in [3.63, 3.8) is 0 Å². The van der Waals surface area contributed by atoms with Crippen molar-refractivity contribution in [2.24, 2.45) is 0 Å². The van der Waals surface area contributed by atoms with Gasteiger partial charge in [-0.3, -0.25) is 4.57 Å². The fraction of sp³-hybridized carbons (Fsp3) is 0.0800. The van der Waals surface area contributed by atoms with E-state index in [1.165, 1.54) is 19.2 Å². The number of rotatable bonds is 5. The molecule has 0 aliphatic heterocycles. The number of aromatic nitrogens is 4. The highest BCUT2D eigenvalue weighted by Crippen LogP contribution is 2.29. The molecule has 9 heteroatoms. The number of aliphatic hydroxyl groups excluding tert-OH is 1. The summed E-state index contributed by atoms with van der Waals surface area (Å²) in [6, 6.07) is 22.0. The highest BCUT2D eigenvalue weighted by atomic mass is 19.1. The summed E-state index contributed by atoms with van der Waals surface area (Å²) in [5.74, 6) is 0.940. The van der Waals surface area contributed by atoms with Gasteiger partial charge in [0, 0.05) is 29.8 Å². The molecule has 2 aromatic carbocycles. The van der Waals surface area contributed by atoms with Crippen LogP contribution in [0, 0.1) is 5.82 Å². The van der Waals surface area contributed by atoms with Gasteiger partial charge in [0.05, 0.1) is 12.7 Å². The van der Waals surface area contributed by atoms with Crippen LogP contribution in [0.1, 0.15) is 0 Å². The molecule has 4 N–H and O–H groups in total. The van der Waals surface area contributed by atoms with Gasteiger partial charge < -0.3 is 20.9 Å². The van der Waals surface area contributed by atoms with Crippen LogP contribution in [0.15, 0.2) is 85.2 Å². The predicted octanol–water partition coefficient (Wildman–Crippen LogP) is 4.26. The van der Waals surface area contributed by atoms with Gasteiger partial charge in [-0.1, -0.05) is 18.2 Å². The third-order valence-electron chi connectivity index (χ3n) is 4.94. The molecule has 0 aliphatic carbocycles. The number of aliphatic hydroxyl groups is 1. The number of nitrogens with zero attached hydrogens (tertiary/aromatic N) is 4. The highest BCUT2D eigenvalue weighted by Gasteiger charge is 2.16. The molecule has 0 atom stereocenters. The van der Waals surface area contributed by atoms with Crippen LogP contribution in [-0.4, -0.2) is 38.5 Å². The smallest absolute Gasteiger partial charge is 0.167 e. The van der Waals surface area contributed by atoms with Crippen LogP contribution in [-0.2, 0) is 0 Å². The van der Waals surface area contributed by atoms with Crippen molar-refractivity contribution in [2.75, 3.05) is 24.9 Å². The fourth-order valence-corrected chi connectivity index (χ4v) is 3.39. The first kappa shape index (κ1) is 22.7. The largest absolute Gasteiger partial charge is 0.494 e. The summed E-state index contributed by atoms with van der Waals surface area (Å²) in [5.41, 5.74) is 9.97. The Morgan fingerprint density at radius 1 is 1.00 bits per heavy atom. The van der Waals surface area contributed by atoms with Crippen molar-refractivity contribution >= 4 is 22.7 Å². The zero-order valence-corrected chi connectivity index (χ0v) is 18.4. The molecule has 0 amide bonds. The lowest BCUT2D eigenvalue weighted by atomic mass is 10.2. The number of anilines is 2. The second-order valence-corrected chi connectivity index (χ2v) is 7.07. The van der Waals surface area contributed by atoms with Crippen LogP contribution in [0.4, 0.5) is 15.9 Å². The summed E-state index contributed by atoms with van der Waals surface area (Å²) in [7, 11) is 1.40. The Hall–Kier alpha value is -4.50. The number of fused-ring (bicyclic) bond motifs is 1. The number of para-hydroxylation sites is 1. The lowest BCUT2D eigenvalue weighted by molar-refractivity contribution is 0.325. The van der Waals surface area contributed by atoms with E-state index in [0.29, 0.717) is 11.5 Å². The lowest BCUT2D eigenvalue weighted by Crippen LogP contribution is -2.01. The predicted molar refractivity (Wildman–Crippen MR) is 130 cm³/mol. The first-order chi connectivity index (χ1) is 16.6. The number of pyridine rings is 2. The molecule has 0 spiro atoms. The Balaban J connectivity index is 0.000000195. The number of nitrogen functional groups attached to an aromatic ring is 1. The molecule has 0 bridgehead atoms. The molecule has 5 rings (SSSR count). The van der Waals surface area contributed by atoms with E-state index in [0.717, 1.165) is 28.2 Å². The summed E-state index contributed by atoms with van der Waals surface area (Å²) >= 11 is 0. The quantitative estimate of drug-likeness (QED) is 0.338. The van der Waals surface area contributed by atoms with Crippen LogP contribution in [0.5, 0.6) is 5.75 Å². The Morgan fingerprint density at radius 2 is 1.76 bits per heavy atom. The average molecular weight is 458 g/mol. The molecule has 8 nitrogen and oxygen atoms in total. The first-order valence-electron chi connectivity index (χ1n) is 10.4. The average Bonchev–Trinajstić information content (AvgIpc) is 3.25. The number of hydrogen-bond acceptors (Lipinski definition) is 7. The topological polar surface area (TPSA) is 111 Å². The minimum absolute atomic E-state index is 0.193. The number of methoxy groups -OCH3 is 1. The van der Waals surface area contributed by atoms with Crippen molar-refractivity contribution in [3.05, 3.63) is 91.0 Å². The monoisotopic (exact) mass is 458 g/mol. The summed E-state index contributed by atoms with van der Waals surface area (Å²) in [5, 5.41) is 11.0. The third-order valence-corrected chi connectivity index (χ3v) is 4.94.